The Bertz CT molecular complexity index is 1200. The van der Waals surface area contributed by atoms with E-state index in [4.69, 9.17) is 14.2 Å². The second-order valence-electron chi connectivity index (χ2n) is 20.3. The van der Waals surface area contributed by atoms with Gasteiger partial charge in [-0.25, -0.2) is 0 Å². The largest absolute Gasteiger partial charge is 0.462 e. The van der Waals surface area contributed by atoms with Crippen LogP contribution in [0.1, 0.15) is 316 Å². The monoisotopic (exact) mass is 967 g/mol. The smallest absolute Gasteiger partial charge is 0.306 e. The fourth-order valence-electron chi connectivity index (χ4n) is 8.74. The van der Waals surface area contributed by atoms with Gasteiger partial charge in [0.25, 0.3) is 0 Å². The maximum absolute atomic E-state index is 12.9. The molecule has 0 saturated heterocycles. The third-order valence-corrected chi connectivity index (χ3v) is 13.3. The molecule has 0 aliphatic rings. The molecule has 0 rings (SSSR count). The summed E-state index contributed by atoms with van der Waals surface area (Å²) in [5.74, 6) is -0.912. The molecule has 0 N–H and O–H groups in total. The highest BCUT2D eigenvalue weighted by Gasteiger charge is 2.19. The molecule has 0 unspecified atom stereocenters. The lowest BCUT2D eigenvalue weighted by molar-refractivity contribution is -0.167. The molecule has 0 radical (unpaired) electrons. The van der Waals surface area contributed by atoms with Gasteiger partial charge in [-0.05, 0) is 83.5 Å². The SMILES string of the molecule is CCCCC/C=C\C/C=C\C/C=C\CCCCC(=O)OC[C@H](COC(=O)CCCCCCCCCCCCCCCCCCCCCCC)OC(=O)CCCCCCCCC/C=C\CCCCCC. The van der Waals surface area contributed by atoms with Gasteiger partial charge in [-0.1, -0.05) is 262 Å². The zero-order valence-electron chi connectivity index (χ0n) is 46.1. The van der Waals surface area contributed by atoms with Crippen LogP contribution in [0.3, 0.4) is 0 Å². The Morgan fingerprint density at radius 2 is 0.522 bits per heavy atom. The highest BCUT2D eigenvalue weighted by molar-refractivity contribution is 5.71. The standard InChI is InChI=1S/C63H114O6/c1-4-7-10-13-16-19-22-25-28-29-30-31-32-33-36-38-41-44-47-50-53-56-62(65)68-59-60(69-63(66)57-54-51-48-45-42-39-35-27-24-21-18-15-12-9-6-3)58-67-61(64)55-52-49-46-43-40-37-34-26-23-20-17-14-11-8-5-2/h17,20-21,24,26,34,40,43,60H,4-16,18-19,22-23,25,27-33,35-39,41-42,44-59H2,1-3H3/b20-17-,24-21-,34-26-,43-40-/t60-/m1/s1. The first-order valence-electron chi connectivity index (χ1n) is 30.1. The molecule has 0 aliphatic heterocycles. The van der Waals surface area contributed by atoms with Gasteiger partial charge in [0.05, 0.1) is 0 Å². The molecule has 0 aromatic rings. The van der Waals surface area contributed by atoms with Crippen molar-refractivity contribution >= 4 is 17.9 Å². The second-order valence-corrected chi connectivity index (χ2v) is 20.3. The summed E-state index contributed by atoms with van der Waals surface area (Å²) in [6.45, 7) is 6.60. The van der Waals surface area contributed by atoms with Gasteiger partial charge in [-0.2, -0.15) is 0 Å². The van der Waals surface area contributed by atoms with Crippen LogP contribution in [-0.4, -0.2) is 37.2 Å². The number of carbonyl (C=O) groups is 3. The Morgan fingerprint density at radius 1 is 0.290 bits per heavy atom. The normalized spacial score (nSPS) is 12.3. The van der Waals surface area contributed by atoms with E-state index in [2.05, 4.69) is 69.4 Å². The predicted molar refractivity (Wildman–Crippen MR) is 298 cm³/mol. The van der Waals surface area contributed by atoms with Crippen molar-refractivity contribution in [2.75, 3.05) is 13.2 Å². The summed E-state index contributed by atoms with van der Waals surface area (Å²) in [5.41, 5.74) is 0. The van der Waals surface area contributed by atoms with Crippen molar-refractivity contribution in [3.05, 3.63) is 48.6 Å². The molecule has 402 valence electrons. The van der Waals surface area contributed by atoms with Crippen molar-refractivity contribution in [1.29, 1.82) is 0 Å². The molecule has 0 aliphatic carbocycles. The second kappa shape index (κ2) is 57.9. The lowest BCUT2D eigenvalue weighted by Crippen LogP contribution is -2.30. The fourth-order valence-corrected chi connectivity index (χ4v) is 8.74. The summed E-state index contributed by atoms with van der Waals surface area (Å²) >= 11 is 0. The van der Waals surface area contributed by atoms with Crippen LogP contribution in [0.4, 0.5) is 0 Å². The summed E-state index contributed by atoms with van der Waals surface area (Å²) in [6.07, 6.45) is 71.1. The van der Waals surface area contributed by atoms with Crippen molar-refractivity contribution in [3.8, 4) is 0 Å². The molecule has 1 atom stereocenters. The predicted octanol–water partition coefficient (Wildman–Crippen LogP) is 20.2. The quantitative estimate of drug-likeness (QED) is 0.0262. The molecule has 0 bridgehead atoms. The number of carbonyl (C=O) groups excluding carboxylic acids is 3. The molecular weight excluding hydrogens is 853 g/mol. The minimum absolute atomic E-state index is 0.0837. The number of esters is 3. The van der Waals surface area contributed by atoms with E-state index in [1.165, 1.54) is 205 Å². The van der Waals surface area contributed by atoms with Crippen LogP contribution in [0, 0.1) is 0 Å². The van der Waals surface area contributed by atoms with Crippen molar-refractivity contribution < 1.29 is 28.6 Å². The van der Waals surface area contributed by atoms with Gasteiger partial charge >= 0.3 is 17.9 Å². The first kappa shape index (κ1) is 66.4. The van der Waals surface area contributed by atoms with E-state index in [1.54, 1.807) is 0 Å². The first-order valence-corrected chi connectivity index (χ1v) is 30.1. The van der Waals surface area contributed by atoms with Crippen LogP contribution in [0.15, 0.2) is 48.6 Å². The van der Waals surface area contributed by atoms with E-state index >= 15 is 0 Å². The van der Waals surface area contributed by atoms with E-state index in [0.29, 0.717) is 19.3 Å². The van der Waals surface area contributed by atoms with E-state index in [-0.39, 0.29) is 31.1 Å². The van der Waals surface area contributed by atoms with Crippen LogP contribution >= 0.6 is 0 Å². The Hall–Kier alpha value is -2.63. The van der Waals surface area contributed by atoms with E-state index < -0.39 is 6.10 Å². The third-order valence-electron chi connectivity index (χ3n) is 13.3. The van der Waals surface area contributed by atoms with Gasteiger partial charge in [0.2, 0.25) is 0 Å². The number of ether oxygens (including phenoxy) is 3. The van der Waals surface area contributed by atoms with E-state index in [9.17, 15) is 14.4 Å². The summed E-state index contributed by atoms with van der Waals surface area (Å²) in [4.78, 5) is 38.2. The van der Waals surface area contributed by atoms with Crippen molar-refractivity contribution in [3.63, 3.8) is 0 Å². The van der Waals surface area contributed by atoms with Crippen LogP contribution in [-0.2, 0) is 28.6 Å². The molecule has 0 aromatic carbocycles. The Labute approximate surface area is 428 Å². The molecule has 0 amide bonds. The topological polar surface area (TPSA) is 78.9 Å². The number of hydrogen-bond acceptors (Lipinski definition) is 6. The summed E-state index contributed by atoms with van der Waals surface area (Å²) in [7, 11) is 0. The molecule has 0 saturated carbocycles. The minimum atomic E-state index is -0.789. The van der Waals surface area contributed by atoms with Crippen LogP contribution in [0.25, 0.3) is 0 Å². The average molecular weight is 968 g/mol. The minimum Gasteiger partial charge on any atom is -0.462 e. The first-order chi connectivity index (χ1) is 34.0. The summed E-state index contributed by atoms with van der Waals surface area (Å²) in [6, 6.07) is 0. The van der Waals surface area contributed by atoms with E-state index in [1.807, 2.05) is 0 Å². The van der Waals surface area contributed by atoms with Gasteiger partial charge in [0.1, 0.15) is 13.2 Å². The number of unbranched alkanes of at least 4 members (excludes halogenated alkanes) is 36. The molecule has 69 heavy (non-hydrogen) atoms. The number of rotatable bonds is 55. The lowest BCUT2D eigenvalue weighted by Gasteiger charge is -2.18. The van der Waals surface area contributed by atoms with Crippen molar-refractivity contribution in [2.45, 2.75) is 322 Å². The van der Waals surface area contributed by atoms with Gasteiger partial charge in [0, 0.05) is 19.3 Å². The highest BCUT2D eigenvalue weighted by atomic mass is 16.6. The molecule has 6 heteroatoms. The van der Waals surface area contributed by atoms with Crippen LogP contribution < -0.4 is 0 Å². The van der Waals surface area contributed by atoms with Crippen molar-refractivity contribution in [2.24, 2.45) is 0 Å². The molecule has 0 aromatic heterocycles. The Kier molecular flexibility index (Phi) is 55.7. The Morgan fingerprint density at radius 3 is 0.899 bits per heavy atom. The highest BCUT2D eigenvalue weighted by Crippen LogP contribution is 2.17. The van der Waals surface area contributed by atoms with E-state index in [0.717, 1.165) is 70.6 Å². The van der Waals surface area contributed by atoms with Crippen molar-refractivity contribution in [1.82, 2.24) is 0 Å². The van der Waals surface area contributed by atoms with Gasteiger partial charge in [-0.3, -0.25) is 14.4 Å². The van der Waals surface area contributed by atoms with Gasteiger partial charge < -0.3 is 14.2 Å². The van der Waals surface area contributed by atoms with Crippen LogP contribution in [0.5, 0.6) is 0 Å². The maximum Gasteiger partial charge on any atom is 0.306 e. The van der Waals surface area contributed by atoms with Gasteiger partial charge in [-0.15, -0.1) is 0 Å². The lowest BCUT2D eigenvalue weighted by atomic mass is 10.0. The fraction of sp³-hybridized carbons (Fsp3) is 0.825. The van der Waals surface area contributed by atoms with Crippen LogP contribution in [0.2, 0.25) is 0 Å². The zero-order valence-corrected chi connectivity index (χ0v) is 46.1. The molecular formula is C63H114O6. The van der Waals surface area contributed by atoms with Gasteiger partial charge in [0.15, 0.2) is 6.10 Å². The summed E-state index contributed by atoms with van der Waals surface area (Å²) in [5, 5.41) is 0. The maximum atomic E-state index is 12.9. The number of allylic oxidation sites excluding steroid dienone is 8. The average Bonchev–Trinajstić information content (AvgIpc) is 3.35. The molecule has 0 fully saturated rings. The molecule has 0 heterocycles. The number of hydrogen-bond donors (Lipinski definition) is 0. The molecule has 0 spiro atoms. The Balaban J connectivity index is 4.34. The summed E-state index contributed by atoms with van der Waals surface area (Å²) < 4.78 is 16.9. The third kappa shape index (κ3) is 56.2. The zero-order chi connectivity index (χ0) is 50.0. The molecule has 6 nitrogen and oxygen atoms in total.